The lowest BCUT2D eigenvalue weighted by molar-refractivity contribution is -0.129. The second kappa shape index (κ2) is 39.9. The van der Waals surface area contributed by atoms with Crippen LogP contribution in [0.25, 0.3) is 83.9 Å². The Morgan fingerprint density at radius 1 is 0.420 bits per heavy atom. The number of anilines is 6. The minimum absolute atomic E-state index is 0.0201. The lowest BCUT2D eigenvalue weighted by atomic mass is 10.0. The number of carbonyl (C=O) groups is 3. The minimum atomic E-state index is -1.88. The highest BCUT2D eigenvalue weighted by atomic mass is 35.5. The lowest BCUT2D eigenvalue weighted by Gasteiger charge is -2.41. The quantitative estimate of drug-likeness (QED) is 0.0209. The van der Waals surface area contributed by atoms with Crippen LogP contribution in [0.5, 0.6) is 11.5 Å². The van der Waals surface area contributed by atoms with Crippen molar-refractivity contribution in [2.75, 3.05) is 90.8 Å². The summed E-state index contributed by atoms with van der Waals surface area (Å²) >= 11 is 38.0. The Bertz CT molecular complexity index is 6790. The molecule has 9 aromatic heterocycles. The molecule has 0 bridgehead atoms. The molecule has 138 heavy (non-hydrogen) atoms. The summed E-state index contributed by atoms with van der Waals surface area (Å²) in [5, 5.41) is 50.4. The van der Waals surface area contributed by atoms with Gasteiger partial charge < -0.3 is 56.8 Å². The van der Waals surface area contributed by atoms with Gasteiger partial charge in [0.05, 0.1) is 117 Å². The van der Waals surface area contributed by atoms with E-state index in [0.29, 0.717) is 50.8 Å². The van der Waals surface area contributed by atoms with Gasteiger partial charge in [-0.3, -0.25) is 57.4 Å². The number of pyridine rings is 9. The Balaban J connectivity index is 0.000000175. The summed E-state index contributed by atoms with van der Waals surface area (Å²) in [6.07, 6.45) is 8.45. The fraction of sp³-hybridized carbons (Fsp3) is 0.281. The average Bonchev–Trinajstić information content (AvgIpc) is 0.726. The third-order valence-electron chi connectivity index (χ3n) is 24.2. The van der Waals surface area contributed by atoms with Gasteiger partial charge in [0, 0.05) is 112 Å². The number of fused-ring (bicyclic) bond motifs is 3. The number of nitrogen functional groups attached to an aromatic ring is 3. The predicted molar refractivity (Wildman–Crippen MR) is 519 cm³/mol. The van der Waals surface area contributed by atoms with Crippen molar-refractivity contribution in [2.45, 2.75) is 119 Å². The first-order valence-electron chi connectivity index (χ1n) is 42.7. The Morgan fingerprint density at radius 2 is 0.674 bits per heavy atom. The smallest absolute Gasteiger partial charge is 0.276 e. The zero-order chi connectivity index (χ0) is 101. The fourth-order valence-corrected chi connectivity index (χ4v) is 18.9. The van der Waals surface area contributed by atoms with Crippen LogP contribution in [-0.4, -0.2) is 163 Å². The number of hydrogen-bond donors (Lipinski definition) is 5. The second-order valence-corrected chi connectivity index (χ2v) is 36.2. The van der Waals surface area contributed by atoms with Crippen molar-refractivity contribution < 1.29 is 55.3 Å². The van der Waals surface area contributed by atoms with Crippen LogP contribution >= 0.6 is 69.6 Å². The predicted octanol–water partition coefficient (Wildman–Crippen LogP) is 18.0. The van der Waals surface area contributed by atoms with E-state index in [4.69, 9.17) is 86.8 Å². The Hall–Kier alpha value is -14.1. The highest BCUT2D eigenvalue weighted by Gasteiger charge is 2.40. The number of halogens is 13. The van der Waals surface area contributed by atoms with E-state index in [0.717, 1.165) is 0 Å². The highest BCUT2D eigenvalue weighted by Crippen LogP contribution is 2.51. The molecule has 3 atom stereocenters. The molecule has 3 aliphatic rings. The summed E-state index contributed by atoms with van der Waals surface area (Å²) < 4.78 is 106. The van der Waals surface area contributed by atoms with E-state index in [-0.39, 0.29) is 206 Å². The summed E-state index contributed by atoms with van der Waals surface area (Å²) in [6.45, 7) is 35.1. The SMILES string of the molecule is C=CC(=O)N1CCN(c2c(C#N)c(=O)n(-c3c(C)ccnc3C(C)C)c3nc(-c4c(N)c(Cl)c(F)c(F)c4F)c(Cl)cc23)C[C@H]1C.C=CC(=O)N1CCN(c2c(C#N)c(=O)n(-c3c(C)ccnc3C(C)C)c3nc(-c4c(N)c(Cl)c(F)c(F)c4O)c(Cl)cc23)C[C@H]1C.C=CC(=O)N1CCN(c2c(C#N)c(=O)n(-c3c(C)ccnc3C(C)C)c3nc(-c4c(N)c(Cl)c(F)c(F)c4O)c(Cl)cc23)C[C@H]1C. The molecule has 3 fully saturated rings. The number of phenolic OH excluding ortho intramolecular Hbond substituents is 2. The fourth-order valence-electron chi connectivity index (χ4n) is 17.6. The molecule has 0 radical (unpaired) electrons. The molecule has 0 saturated carbocycles. The number of aromatic nitrogens is 9. The number of nitriles is 3. The third-order valence-corrected chi connectivity index (χ3v) is 26.2. The number of nitrogens with two attached hydrogens (primary N) is 3. The maximum absolute atomic E-state index is 15.3. The van der Waals surface area contributed by atoms with E-state index in [9.17, 15) is 81.1 Å². The van der Waals surface area contributed by atoms with Gasteiger partial charge in [0.15, 0.2) is 40.6 Å². The standard InChI is InChI=1S/C32H28Cl2F3N7O2.2C32H29Cl2F2N7O3/c1-6-20(45)43-10-9-42(13-16(43)5)30-17-11-19(33)28(21-23(35)25(37)24(36)22(34)26(21)39)41-31(17)44(32(46)18(30)12-38)29-15(4)7-8-40-27(29)14(2)3;2*1-6-20(44)42-10-9-41(13-16(42)5)29-17-11-19(33)27(21-25(38)22(34)23(35)24(36)30(21)45)40-31(17)43(32(46)18(29)12-37)28-15(4)7-8-39-26(28)14(2)3/h6-8,11,14,16H,1,9-10,13,39H2,2-5H3;2*6-8,11,14,16,45H,1,9-10,13,38H2,2-5H3/t3*16-/m111/s1. The molecule has 42 heteroatoms. The van der Waals surface area contributed by atoms with E-state index in [2.05, 4.69) is 61.8 Å². The first kappa shape index (κ1) is 101. The summed E-state index contributed by atoms with van der Waals surface area (Å²) in [5.41, 5.74) is 16.0. The molecular formula is C96H86Cl6F7N21O8. The van der Waals surface area contributed by atoms with Crippen LogP contribution in [0.1, 0.15) is 131 Å². The Kier molecular flexibility index (Phi) is 29.3. The number of aryl methyl sites for hydroxylation is 3. The molecule has 3 amide bonds. The van der Waals surface area contributed by atoms with Crippen LogP contribution in [0.2, 0.25) is 30.1 Å². The molecule has 8 N–H and O–H groups in total. The molecule has 29 nitrogen and oxygen atoms in total. The lowest BCUT2D eigenvalue weighted by Crippen LogP contribution is -2.54. The molecule has 3 saturated heterocycles. The minimum Gasteiger partial charge on any atom is -0.504 e. The van der Waals surface area contributed by atoms with Crippen LogP contribution in [0.15, 0.2) is 107 Å². The van der Waals surface area contributed by atoms with E-state index in [1.165, 1.54) is 50.1 Å². The summed E-state index contributed by atoms with van der Waals surface area (Å²) in [4.78, 5) is 118. The van der Waals surface area contributed by atoms with Gasteiger partial charge in [0.25, 0.3) is 16.7 Å². The molecule has 0 aliphatic carbocycles. The van der Waals surface area contributed by atoms with Crippen LogP contribution in [-0.2, 0) is 14.4 Å². The number of rotatable bonds is 15. The van der Waals surface area contributed by atoms with Crippen LogP contribution in [0, 0.1) is 95.5 Å². The average molecular weight is 2010 g/mol. The van der Waals surface area contributed by atoms with Crippen LogP contribution in [0.4, 0.5) is 64.9 Å². The van der Waals surface area contributed by atoms with E-state index in [1.54, 1.807) is 77.2 Å². The molecule has 15 rings (SSSR count). The van der Waals surface area contributed by atoms with Gasteiger partial charge in [-0.25, -0.2) is 36.9 Å². The molecule has 3 aliphatic heterocycles. The van der Waals surface area contributed by atoms with Gasteiger partial charge in [0.2, 0.25) is 29.4 Å². The third kappa shape index (κ3) is 17.5. The number of hydrogen-bond acceptors (Lipinski definition) is 23. The van der Waals surface area contributed by atoms with Crippen molar-refractivity contribution in [3.05, 3.63) is 245 Å². The maximum Gasteiger partial charge on any atom is 0.276 e. The van der Waals surface area contributed by atoms with Gasteiger partial charge in [-0.05, 0) is 131 Å². The summed E-state index contributed by atoms with van der Waals surface area (Å²) in [5.74, 6) is -15.3. The second-order valence-electron chi connectivity index (χ2n) is 33.8. The van der Waals surface area contributed by atoms with Gasteiger partial charge in [0.1, 0.15) is 66.9 Å². The molecule has 3 aromatic carbocycles. The van der Waals surface area contributed by atoms with E-state index >= 15 is 4.39 Å². The Labute approximate surface area is 814 Å². The number of benzene rings is 3. The van der Waals surface area contributed by atoms with Crippen molar-refractivity contribution in [1.82, 2.24) is 58.3 Å². The molecule has 12 heterocycles. The zero-order valence-corrected chi connectivity index (χ0v) is 80.5. The van der Waals surface area contributed by atoms with Crippen LogP contribution < -0.4 is 48.6 Å². The van der Waals surface area contributed by atoms with Gasteiger partial charge >= 0.3 is 0 Å². The molecule has 0 unspecified atom stereocenters. The van der Waals surface area contributed by atoms with Crippen LogP contribution in [0.3, 0.4) is 0 Å². The van der Waals surface area contributed by atoms with Gasteiger partial charge in [-0.15, -0.1) is 0 Å². The molecule has 714 valence electrons. The normalized spacial score (nSPS) is 15.0. The first-order chi connectivity index (χ1) is 65.2. The van der Waals surface area contributed by atoms with Gasteiger partial charge in [-0.2, -0.15) is 24.6 Å². The van der Waals surface area contributed by atoms with Crippen molar-refractivity contribution in [3.63, 3.8) is 0 Å². The molecule has 12 aromatic rings. The monoisotopic (exact) mass is 2000 g/mol. The number of phenols is 2. The number of piperazine rings is 3. The number of amides is 3. The molecule has 0 spiro atoms. The van der Waals surface area contributed by atoms with Crippen molar-refractivity contribution in [1.29, 1.82) is 15.8 Å². The molecular weight excluding hydrogens is 1920 g/mol. The van der Waals surface area contributed by atoms with E-state index < -0.39 is 123 Å². The topological polar surface area (TPSA) is 404 Å². The maximum atomic E-state index is 15.3. The highest BCUT2D eigenvalue weighted by molar-refractivity contribution is 6.38. The number of aromatic hydroxyl groups is 2. The van der Waals surface area contributed by atoms with E-state index in [1.807, 2.05) is 78.2 Å². The zero-order valence-electron chi connectivity index (χ0n) is 75.9. The Morgan fingerprint density at radius 3 is 0.920 bits per heavy atom. The first-order valence-corrected chi connectivity index (χ1v) is 44.9. The number of nitrogens with zero attached hydrogens (tertiary/aromatic N) is 18. The van der Waals surface area contributed by atoms with Crippen molar-refractivity contribution in [3.8, 4) is 80.5 Å². The van der Waals surface area contributed by atoms with Crippen molar-refractivity contribution >= 4 is 155 Å². The largest absolute Gasteiger partial charge is 0.504 e. The summed E-state index contributed by atoms with van der Waals surface area (Å²) in [6, 6.07) is 14.5. The van der Waals surface area contributed by atoms with Crippen molar-refractivity contribution in [2.24, 2.45) is 0 Å². The summed E-state index contributed by atoms with van der Waals surface area (Å²) in [7, 11) is 0. The van der Waals surface area contributed by atoms with Gasteiger partial charge in [-0.1, -0.05) is 131 Å². The number of carbonyl (C=O) groups excluding carboxylic acids is 3.